The molecule has 3 heterocycles. The molecule has 4 aromatic rings. The number of fused-ring (bicyclic) bond motifs is 1. The van der Waals surface area contributed by atoms with Gasteiger partial charge in [0, 0.05) is 25.2 Å². The minimum atomic E-state index is -0.465. The fraction of sp³-hybridized carbons (Fsp3) is 0.321. The zero-order chi connectivity index (χ0) is 25.2. The standard InChI is InChI=1S/C28H28F2N4O2/c1-18(2)33-13-5-6-19(16-33)17-34-27(22-7-3-4-8-24(22)30)32-25-11-10-21(14-23(25)28(34)35)36-26-12-9-20(29)15-31-26/h3-4,7-12,14-15,18-19H,5-6,13,16-17H2,1-2H3/t19-/m0/s1. The molecule has 1 aliphatic rings. The number of likely N-dealkylation sites (tertiary alicyclic amines) is 1. The number of ether oxygens (including phenoxy) is 1. The van der Waals surface area contributed by atoms with Crippen LogP contribution in [0.3, 0.4) is 0 Å². The van der Waals surface area contributed by atoms with Crippen molar-refractivity contribution >= 4 is 10.9 Å². The summed E-state index contributed by atoms with van der Waals surface area (Å²) in [5.74, 6) is 0.268. The van der Waals surface area contributed by atoms with Crippen molar-refractivity contribution in [3.05, 3.63) is 82.8 Å². The molecule has 1 atom stereocenters. The smallest absolute Gasteiger partial charge is 0.261 e. The summed E-state index contributed by atoms with van der Waals surface area (Å²) in [6.45, 7) is 6.71. The molecule has 0 spiro atoms. The SMILES string of the molecule is CC(C)N1CCC[C@H](Cn2c(-c3ccccc3F)nc3ccc(Oc4ccc(F)cn4)cc3c2=O)C1. The van der Waals surface area contributed by atoms with Gasteiger partial charge in [0.1, 0.15) is 23.2 Å². The molecule has 5 rings (SSSR count). The van der Waals surface area contributed by atoms with Crippen LogP contribution in [0.5, 0.6) is 11.6 Å². The van der Waals surface area contributed by atoms with E-state index in [2.05, 4.69) is 23.7 Å². The molecule has 0 saturated carbocycles. The highest BCUT2D eigenvalue weighted by molar-refractivity contribution is 5.81. The Morgan fingerprint density at radius 3 is 2.69 bits per heavy atom. The van der Waals surface area contributed by atoms with Crippen LogP contribution in [0, 0.1) is 17.6 Å². The summed E-state index contributed by atoms with van der Waals surface area (Å²) in [5, 5.41) is 0.367. The summed E-state index contributed by atoms with van der Waals surface area (Å²) in [6.07, 6.45) is 3.11. The molecule has 0 radical (unpaired) electrons. The molecule has 36 heavy (non-hydrogen) atoms. The van der Waals surface area contributed by atoms with Crippen LogP contribution in [-0.2, 0) is 6.54 Å². The molecule has 0 amide bonds. The van der Waals surface area contributed by atoms with Crippen LogP contribution in [0.4, 0.5) is 8.78 Å². The van der Waals surface area contributed by atoms with Crippen LogP contribution in [0.2, 0.25) is 0 Å². The van der Waals surface area contributed by atoms with E-state index in [-0.39, 0.29) is 17.4 Å². The number of halogens is 2. The van der Waals surface area contributed by atoms with Crippen molar-refractivity contribution < 1.29 is 13.5 Å². The van der Waals surface area contributed by atoms with Crippen LogP contribution < -0.4 is 10.3 Å². The molecule has 2 aromatic carbocycles. The fourth-order valence-corrected chi connectivity index (χ4v) is 4.80. The van der Waals surface area contributed by atoms with Gasteiger partial charge in [-0.05, 0) is 75.5 Å². The van der Waals surface area contributed by atoms with E-state index in [0.29, 0.717) is 40.6 Å². The summed E-state index contributed by atoms with van der Waals surface area (Å²) >= 11 is 0. The quantitative estimate of drug-likeness (QED) is 0.350. The van der Waals surface area contributed by atoms with Gasteiger partial charge in [0.25, 0.3) is 5.56 Å². The first-order valence-corrected chi connectivity index (χ1v) is 12.2. The van der Waals surface area contributed by atoms with Crippen LogP contribution in [0.1, 0.15) is 26.7 Å². The Hall–Kier alpha value is -3.65. The lowest BCUT2D eigenvalue weighted by molar-refractivity contribution is 0.130. The van der Waals surface area contributed by atoms with Gasteiger partial charge >= 0.3 is 0 Å². The maximum Gasteiger partial charge on any atom is 0.261 e. The Kier molecular flexibility index (Phi) is 6.78. The highest BCUT2D eigenvalue weighted by atomic mass is 19.1. The van der Waals surface area contributed by atoms with E-state index in [9.17, 15) is 13.6 Å². The molecule has 1 aliphatic heterocycles. The summed E-state index contributed by atoms with van der Waals surface area (Å²) in [7, 11) is 0. The van der Waals surface area contributed by atoms with Crippen LogP contribution >= 0.6 is 0 Å². The van der Waals surface area contributed by atoms with E-state index in [1.54, 1.807) is 41.0 Å². The van der Waals surface area contributed by atoms with E-state index in [4.69, 9.17) is 9.72 Å². The lowest BCUT2D eigenvalue weighted by Crippen LogP contribution is -2.42. The maximum atomic E-state index is 14.9. The van der Waals surface area contributed by atoms with Crippen molar-refractivity contribution in [2.24, 2.45) is 5.92 Å². The van der Waals surface area contributed by atoms with Crippen molar-refractivity contribution in [1.29, 1.82) is 0 Å². The largest absolute Gasteiger partial charge is 0.439 e. The Bertz CT molecular complexity index is 1440. The van der Waals surface area contributed by atoms with Gasteiger partial charge in [-0.15, -0.1) is 0 Å². The molecule has 0 aliphatic carbocycles. The molecule has 1 fully saturated rings. The maximum absolute atomic E-state index is 14.9. The normalized spacial score (nSPS) is 16.5. The summed E-state index contributed by atoms with van der Waals surface area (Å²) < 4.78 is 35.4. The highest BCUT2D eigenvalue weighted by Crippen LogP contribution is 2.28. The van der Waals surface area contributed by atoms with E-state index >= 15 is 0 Å². The zero-order valence-corrected chi connectivity index (χ0v) is 20.3. The van der Waals surface area contributed by atoms with Crippen LogP contribution in [0.25, 0.3) is 22.3 Å². The van der Waals surface area contributed by atoms with E-state index in [0.717, 1.165) is 32.1 Å². The van der Waals surface area contributed by atoms with Crippen molar-refractivity contribution in [1.82, 2.24) is 19.4 Å². The second-order valence-corrected chi connectivity index (χ2v) is 9.52. The van der Waals surface area contributed by atoms with Gasteiger partial charge < -0.3 is 9.64 Å². The minimum Gasteiger partial charge on any atom is -0.439 e. The van der Waals surface area contributed by atoms with Gasteiger partial charge in [-0.1, -0.05) is 12.1 Å². The third kappa shape index (κ3) is 4.99. The Morgan fingerprint density at radius 1 is 1.11 bits per heavy atom. The van der Waals surface area contributed by atoms with Gasteiger partial charge in [0.15, 0.2) is 0 Å². The number of rotatable bonds is 6. The van der Waals surface area contributed by atoms with Crippen molar-refractivity contribution in [2.75, 3.05) is 13.1 Å². The molecule has 8 heteroatoms. The van der Waals surface area contributed by atoms with Crippen LogP contribution in [-0.4, -0.2) is 38.6 Å². The predicted octanol–water partition coefficient (Wildman–Crippen LogP) is 5.65. The average molecular weight is 491 g/mol. The van der Waals surface area contributed by atoms with Gasteiger partial charge in [-0.25, -0.2) is 18.7 Å². The molecule has 2 aromatic heterocycles. The topological polar surface area (TPSA) is 60.3 Å². The van der Waals surface area contributed by atoms with E-state index in [1.165, 1.54) is 18.2 Å². The number of benzene rings is 2. The predicted molar refractivity (Wildman–Crippen MR) is 135 cm³/mol. The molecule has 0 N–H and O–H groups in total. The Labute approximate surface area is 208 Å². The monoisotopic (exact) mass is 490 g/mol. The highest BCUT2D eigenvalue weighted by Gasteiger charge is 2.25. The van der Waals surface area contributed by atoms with Gasteiger partial charge in [-0.3, -0.25) is 9.36 Å². The van der Waals surface area contributed by atoms with E-state index < -0.39 is 11.6 Å². The average Bonchev–Trinajstić information content (AvgIpc) is 2.88. The molecule has 186 valence electrons. The summed E-state index contributed by atoms with van der Waals surface area (Å²) in [5.41, 5.74) is 0.489. The van der Waals surface area contributed by atoms with Gasteiger partial charge in [0.2, 0.25) is 5.88 Å². The number of hydrogen-bond acceptors (Lipinski definition) is 5. The third-order valence-corrected chi connectivity index (χ3v) is 6.68. The van der Waals surface area contributed by atoms with Crippen LogP contribution in [0.15, 0.2) is 65.6 Å². The van der Waals surface area contributed by atoms with Gasteiger partial charge in [-0.2, -0.15) is 0 Å². The number of nitrogens with zero attached hydrogens (tertiary/aromatic N) is 4. The second-order valence-electron chi connectivity index (χ2n) is 9.52. The number of hydrogen-bond donors (Lipinski definition) is 0. The number of pyridine rings is 1. The third-order valence-electron chi connectivity index (χ3n) is 6.68. The summed E-state index contributed by atoms with van der Waals surface area (Å²) in [6, 6.07) is 14.4. The molecular formula is C28H28F2N4O2. The number of aromatic nitrogens is 3. The summed E-state index contributed by atoms with van der Waals surface area (Å²) in [4.78, 5) is 24.9. The second kappa shape index (κ2) is 10.1. The van der Waals surface area contributed by atoms with E-state index in [1.807, 2.05) is 0 Å². The van der Waals surface area contributed by atoms with Crippen molar-refractivity contribution in [3.63, 3.8) is 0 Å². The Morgan fingerprint density at radius 2 is 1.94 bits per heavy atom. The molecule has 6 nitrogen and oxygen atoms in total. The molecular weight excluding hydrogens is 462 g/mol. The number of piperidine rings is 1. The Balaban J connectivity index is 1.58. The fourth-order valence-electron chi connectivity index (χ4n) is 4.80. The first-order valence-electron chi connectivity index (χ1n) is 12.2. The molecule has 0 bridgehead atoms. The van der Waals surface area contributed by atoms with Crippen molar-refractivity contribution in [2.45, 2.75) is 39.3 Å². The lowest BCUT2D eigenvalue weighted by atomic mass is 9.96. The van der Waals surface area contributed by atoms with Gasteiger partial charge in [0.05, 0.1) is 22.7 Å². The van der Waals surface area contributed by atoms with Crippen molar-refractivity contribution in [3.8, 4) is 23.0 Å². The molecule has 1 saturated heterocycles. The first kappa shape index (κ1) is 24.1. The lowest BCUT2D eigenvalue weighted by Gasteiger charge is -2.35. The zero-order valence-electron chi connectivity index (χ0n) is 20.3. The molecule has 0 unspecified atom stereocenters. The minimum absolute atomic E-state index is 0.211. The first-order chi connectivity index (χ1) is 17.4.